The molecule has 1 fully saturated rings. The molecule has 0 bridgehead atoms. The lowest BCUT2D eigenvalue weighted by molar-refractivity contribution is -0.176. The minimum Gasteiger partial charge on any atom is -0.480 e. The lowest BCUT2D eigenvalue weighted by Crippen LogP contribution is -2.38. The van der Waals surface area contributed by atoms with Gasteiger partial charge in [0.05, 0.1) is 12.5 Å². The fourth-order valence-corrected chi connectivity index (χ4v) is 1.92. The van der Waals surface area contributed by atoms with Gasteiger partial charge in [0.15, 0.2) is 0 Å². The van der Waals surface area contributed by atoms with E-state index in [4.69, 9.17) is 5.11 Å². The number of halogens is 3. The zero-order valence-electron chi connectivity index (χ0n) is 8.68. The largest absolute Gasteiger partial charge is 0.480 e. The summed E-state index contributed by atoms with van der Waals surface area (Å²) in [6, 6.07) is -0.596. The van der Waals surface area contributed by atoms with Gasteiger partial charge in [0.1, 0.15) is 0 Å². The molecule has 94 valence electrons. The minimum atomic E-state index is -4.17. The Hall–Kier alpha value is -0.820. The number of carboxylic acid groups (broad SMARTS) is 1. The van der Waals surface area contributed by atoms with Gasteiger partial charge in [-0.1, -0.05) is 0 Å². The number of carbonyl (C=O) groups is 1. The molecule has 2 atom stereocenters. The summed E-state index contributed by atoms with van der Waals surface area (Å²) in [6.07, 6.45) is -3.77. The van der Waals surface area contributed by atoms with Gasteiger partial charge in [0.25, 0.3) is 0 Å². The van der Waals surface area contributed by atoms with Crippen molar-refractivity contribution >= 4 is 5.97 Å². The Morgan fingerprint density at radius 2 is 2.19 bits per heavy atom. The van der Waals surface area contributed by atoms with Crippen LogP contribution in [0.2, 0.25) is 0 Å². The quantitative estimate of drug-likeness (QED) is 0.615. The molecule has 16 heavy (non-hydrogen) atoms. The van der Waals surface area contributed by atoms with E-state index in [1.165, 1.54) is 0 Å². The van der Waals surface area contributed by atoms with Crippen molar-refractivity contribution in [3.8, 4) is 0 Å². The summed E-state index contributed by atoms with van der Waals surface area (Å²) in [5.74, 6) is -2.31. The molecule has 0 radical (unpaired) electrons. The summed E-state index contributed by atoms with van der Waals surface area (Å²) in [4.78, 5) is 10.2. The Balaban J connectivity index is 2.28. The first kappa shape index (κ1) is 13.2. The maximum atomic E-state index is 12.5. The third-order valence-electron chi connectivity index (χ3n) is 2.68. The fourth-order valence-electron chi connectivity index (χ4n) is 1.92. The van der Waals surface area contributed by atoms with Gasteiger partial charge < -0.3 is 15.7 Å². The van der Waals surface area contributed by atoms with Gasteiger partial charge in [-0.25, -0.2) is 0 Å². The summed E-state index contributed by atoms with van der Waals surface area (Å²) in [5.41, 5.74) is 0. The second-order valence-electron chi connectivity index (χ2n) is 3.86. The van der Waals surface area contributed by atoms with Crippen LogP contribution in [0.3, 0.4) is 0 Å². The third-order valence-corrected chi connectivity index (χ3v) is 2.68. The highest BCUT2D eigenvalue weighted by Crippen LogP contribution is 2.35. The Bertz CT molecular complexity index is 245. The lowest BCUT2D eigenvalue weighted by atomic mass is 9.97. The van der Waals surface area contributed by atoms with Crippen LogP contribution in [0.4, 0.5) is 13.2 Å². The van der Waals surface area contributed by atoms with Gasteiger partial charge in [-0.15, -0.1) is 0 Å². The zero-order chi connectivity index (χ0) is 12.2. The van der Waals surface area contributed by atoms with Crippen molar-refractivity contribution in [2.24, 2.45) is 5.92 Å². The van der Waals surface area contributed by atoms with Crippen LogP contribution in [0, 0.1) is 5.92 Å². The second kappa shape index (κ2) is 5.49. The first-order chi connectivity index (χ1) is 7.41. The van der Waals surface area contributed by atoms with E-state index in [2.05, 4.69) is 10.6 Å². The first-order valence-electron chi connectivity index (χ1n) is 5.14. The average molecular weight is 240 g/mol. The van der Waals surface area contributed by atoms with Crippen molar-refractivity contribution in [2.75, 3.05) is 19.6 Å². The maximum Gasteiger partial charge on any atom is 0.393 e. The third kappa shape index (κ3) is 3.97. The van der Waals surface area contributed by atoms with Crippen molar-refractivity contribution in [3.05, 3.63) is 0 Å². The predicted molar refractivity (Wildman–Crippen MR) is 51.1 cm³/mol. The van der Waals surface area contributed by atoms with Crippen LogP contribution in [0.25, 0.3) is 0 Å². The number of carboxylic acids is 1. The Labute approximate surface area is 91.2 Å². The highest BCUT2D eigenvalue weighted by molar-refractivity contribution is 5.68. The summed E-state index contributed by atoms with van der Waals surface area (Å²) >= 11 is 0. The molecule has 1 rings (SSSR count). The predicted octanol–water partition coefficient (Wildman–Crippen LogP) is 0.591. The molecular weight excluding hydrogens is 225 g/mol. The number of hydrogen-bond acceptors (Lipinski definition) is 3. The van der Waals surface area contributed by atoms with E-state index in [-0.39, 0.29) is 25.9 Å². The second-order valence-corrected chi connectivity index (χ2v) is 3.86. The van der Waals surface area contributed by atoms with Crippen molar-refractivity contribution < 1.29 is 23.1 Å². The molecule has 0 saturated carbocycles. The molecule has 0 amide bonds. The normalized spacial score (nSPS) is 25.9. The van der Waals surface area contributed by atoms with Crippen LogP contribution in [-0.4, -0.2) is 42.9 Å². The van der Waals surface area contributed by atoms with Crippen molar-refractivity contribution in [1.29, 1.82) is 0 Å². The van der Waals surface area contributed by atoms with Gasteiger partial charge in [0.2, 0.25) is 0 Å². The van der Waals surface area contributed by atoms with Gasteiger partial charge >= 0.3 is 12.1 Å². The molecule has 0 aromatic heterocycles. The molecule has 7 heteroatoms. The SMILES string of the molecule is O=C(O)CNCCC1NCCC1C(F)(F)F. The molecule has 1 aliphatic rings. The van der Waals surface area contributed by atoms with E-state index in [0.29, 0.717) is 6.54 Å². The van der Waals surface area contributed by atoms with E-state index in [1.54, 1.807) is 0 Å². The Morgan fingerprint density at radius 3 is 2.75 bits per heavy atom. The summed E-state index contributed by atoms with van der Waals surface area (Å²) < 4.78 is 37.5. The summed E-state index contributed by atoms with van der Waals surface area (Å²) in [7, 11) is 0. The van der Waals surface area contributed by atoms with E-state index in [0.717, 1.165) is 0 Å². The van der Waals surface area contributed by atoms with Gasteiger partial charge in [0, 0.05) is 6.04 Å². The van der Waals surface area contributed by atoms with Crippen LogP contribution >= 0.6 is 0 Å². The summed E-state index contributed by atoms with van der Waals surface area (Å²) in [6.45, 7) is 0.424. The maximum absolute atomic E-state index is 12.5. The highest BCUT2D eigenvalue weighted by Gasteiger charge is 2.46. The van der Waals surface area contributed by atoms with Gasteiger partial charge in [-0.05, 0) is 25.9 Å². The highest BCUT2D eigenvalue weighted by atomic mass is 19.4. The Kier molecular flexibility index (Phi) is 4.55. The lowest BCUT2D eigenvalue weighted by Gasteiger charge is -2.22. The first-order valence-corrected chi connectivity index (χ1v) is 5.14. The summed E-state index contributed by atoms with van der Waals surface area (Å²) in [5, 5.41) is 13.7. The van der Waals surface area contributed by atoms with Crippen molar-refractivity contribution in [3.63, 3.8) is 0 Å². The molecule has 0 aliphatic carbocycles. The number of rotatable bonds is 5. The molecule has 2 unspecified atom stereocenters. The molecule has 0 spiro atoms. The number of alkyl halides is 3. The smallest absolute Gasteiger partial charge is 0.393 e. The molecule has 4 nitrogen and oxygen atoms in total. The molecule has 1 aliphatic heterocycles. The monoisotopic (exact) mass is 240 g/mol. The molecule has 0 aromatic rings. The van der Waals surface area contributed by atoms with Gasteiger partial charge in [-0.2, -0.15) is 13.2 Å². The Morgan fingerprint density at radius 1 is 1.50 bits per heavy atom. The van der Waals surface area contributed by atoms with E-state index in [9.17, 15) is 18.0 Å². The molecule has 1 saturated heterocycles. The average Bonchev–Trinajstić information content (AvgIpc) is 2.59. The number of nitrogens with one attached hydrogen (secondary N) is 2. The zero-order valence-corrected chi connectivity index (χ0v) is 8.68. The fraction of sp³-hybridized carbons (Fsp3) is 0.889. The van der Waals surface area contributed by atoms with E-state index < -0.39 is 24.1 Å². The molecule has 3 N–H and O–H groups in total. The molecule has 0 aromatic carbocycles. The van der Waals surface area contributed by atoms with Crippen molar-refractivity contribution in [1.82, 2.24) is 10.6 Å². The van der Waals surface area contributed by atoms with Crippen LogP contribution in [0.5, 0.6) is 0 Å². The topological polar surface area (TPSA) is 61.4 Å². The molecule has 1 heterocycles. The standard InChI is InChI=1S/C9H15F3N2O2/c10-9(11,12)6-1-4-14-7(6)2-3-13-5-8(15)16/h6-7,13-14H,1-5H2,(H,15,16). The van der Waals surface area contributed by atoms with Crippen LogP contribution in [-0.2, 0) is 4.79 Å². The van der Waals surface area contributed by atoms with Crippen LogP contribution in [0.15, 0.2) is 0 Å². The van der Waals surface area contributed by atoms with E-state index >= 15 is 0 Å². The van der Waals surface area contributed by atoms with Gasteiger partial charge in [-0.3, -0.25) is 4.79 Å². The van der Waals surface area contributed by atoms with E-state index in [1.807, 2.05) is 0 Å². The number of hydrogen-bond donors (Lipinski definition) is 3. The van der Waals surface area contributed by atoms with Crippen LogP contribution in [0.1, 0.15) is 12.8 Å². The van der Waals surface area contributed by atoms with Crippen molar-refractivity contribution in [2.45, 2.75) is 25.1 Å². The minimum absolute atomic E-state index is 0.104. The van der Waals surface area contributed by atoms with Crippen LogP contribution < -0.4 is 10.6 Å². The number of aliphatic carboxylic acids is 1. The molecular formula is C9H15F3N2O2.